The molecule has 0 aliphatic carbocycles. The molecule has 94 valence electrons. The van der Waals surface area contributed by atoms with Gasteiger partial charge in [0, 0.05) is 10.6 Å². The zero-order chi connectivity index (χ0) is 13.0. The van der Waals surface area contributed by atoms with Crippen LogP contribution < -0.4 is 0 Å². The fourth-order valence-electron chi connectivity index (χ4n) is 1.05. The first-order valence-electron chi connectivity index (χ1n) is 4.60. The number of rotatable bonds is 5. The molecule has 1 rings (SSSR count). The summed E-state index contributed by atoms with van der Waals surface area (Å²) in [5, 5.41) is 26.5. The number of carbonyl (C=O) groups is 1. The van der Waals surface area contributed by atoms with Gasteiger partial charge < -0.3 is 15.3 Å². The van der Waals surface area contributed by atoms with Crippen molar-refractivity contribution in [3.63, 3.8) is 0 Å². The van der Waals surface area contributed by atoms with E-state index in [0.717, 1.165) is 11.8 Å². The number of aromatic carboxylic acids is 1. The zero-order valence-corrected chi connectivity index (χ0v) is 11.0. The Bertz CT molecular complexity index is 427. The maximum atomic E-state index is 13.7. The number of thioether (sulfide) groups is 1. The molecule has 17 heavy (non-hydrogen) atoms. The molecule has 3 N–H and O–H groups in total. The molecular weight excluding hydrogens is 315 g/mol. The van der Waals surface area contributed by atoms with Crippen LogP contribution in [0.1, 0.15) is 10.4 Å². The third-order valence-corrected chi connectivity index (χ3v) is 3.87. The second-order valence-electron chi connectivity index (χ2n) is 3.19. The lowest BCUT2D eigenvalue weighted by Gasteiger charge is -2.09. The number of hydrogen-bond acceptors (Lipinski definition) is 4. The summed E-state index contributed by atoms with van der Waals surface area (Å²) in [6, 6.07) is 2.61. The van der Waals surface area contributed by atoms with Crippen molar-refractivity contribution in [3.05, 3.63) is 28.0 Å². The lowest BCUT2D eigenvalue weighted by atomic mass is 10.2. The highest BCUT2D eigenvalue weighted by molar-refractivity contribution is 9.10. The van der Waals surface area contributed by atoms with Crippen molar-refractivity contribution >= 4 is 33.7 Å². The molecule has 0 radical (unpaired) electrons. The molecule has 1 aromatic rings. The molecule has 1 aromatic carbocycles. The maximum Gasteiger partial charge on any atom is 0.336 e. The maximum absolute atomic E-state index is 13.7. The smallest absolute Gasteiger partial charge is 0.336 e. The summed E-state index contributed by atoms with van der Waals surface area (Å²) in [6.45, 7) is -0.400. The Morgan fingerprint density at radius 1 is 1.53 bits per heavy atom. The molecule has 0 heterocycles. The van der Waals surface area contributed by atoms with E-state index in [4.69, 9.17) is 15.3 Å². The standard InChI is InChI=1S/C10H10BrFO4S/c11-8-6(10(15)16)1-2-7(9(8)12)17-4-5(14)3-13/h1-2,5,13-14H,3-4H2,(H,15,16). The lowest BCUT2D eigenvalue weighted by molar-refractivity contribution is 0.0695. The molecule has 0 spiro atoms. The van der Waals surface area contributed by atoms with E-state index in [0.29, 0.717) is 0 Å². The lowest BCUT2D eigenvalue weighted by Crippen LogP contribution is -2.14. The Morgan fingerprint density at radius 2 is 2.18 bits per heavy atom. The van der Waals surface area contributed by atoms with Crippen molar-refractivity contribution < 1.29 is 24.5 Å². The minimum absolute atomic E-state index is 0.117. The average molecular weight is 325 g/mol. The second-order valence-corrected chi connectivity index (χ2v) is 5.05. The van der Waals surface area contributed by atoms with Gasteiger partial charge in [0.15, 0.2) is 5.82 Å². The van der Waals surface area contributed by atoms with E-state index in [9.17, 15) is 9.18 Å². The molecule has 0 amide bonds. The van der Waals surface area contributed by atoms with Crippen molar-refractivity contribution in [2.75, 3.05) is 12.4 Å². The number of halogens is 2. The monoisotopic (exact) mass is 324 g/mol. The highest BCUT2D eigenvalue weighted by Gasteiger charge is 2.16. The summed E-state index contributed by atoms with van der Waals surface area (Å²) < 4.78 is 13.6. The summed E-state index contributed by atoms with van der Waals surface area (Å²) >= 11 is 3.88. The van der Waals surface area contributed by atoms with Crippen LogP contribution in [-0.4, -0.2) is 39.8 Å². The van der Waals surface area contributed by atoms with Crippen LogP contribution in [0.25, 0.3) is 0 Å². The van der Waals surface area contributed by atoms with Crippen molar-refractivity contribution in [2.24, 2.45) is 0 Å². The summed E-state index contributed by atoms with van der Waals surface area (Å²) in [5.41, 5.74) is -0.158. The minimum atomic E-state index is -1.22. The van der Waals surface area contributed by atoms with Gasteiger partial charge in [0.2, 0.25) is 0 Å². The summed E-state index contributed by atoms with van der Waals surface area (Å²) in [6.07, 6.45) is -0.933. The summed E-state index contributed by atoms with van der Waals surface area (Å²) in [4.78, 5) is 10.9. The third kappa shape index (κ3) is 3.67. The zero-order valence-electron chi connectivity index (χ0n) is 8.56. The predicted molar refractivity (Wildman–Crippen MR) is 64.9 cm³/mol. The van der Waals surface area contributed by atoms with Crippen molar-refractivity contribution in [1.82, 2.24) is 0 Å². The Labute approximate surface area is 110 Å². The van der Waals surface area contributed by atoms with Gasteiger partial charge in [-0.25, -0.2) is 9.18 Å². The normalized spacial score (nSPS) is 12.5. The van der Waals surface area contributed by atoms with Gasteiger partial charge in [-0.05, 0) is 28.1 Å². The first-order chi connectivity index (χ1) is 7.97. The van der Waals surface area contributed by atoms with Crippen molar-refractivity contribution in [2.45, 2.75) is 11.0 Å². The van der Waals surface area contributed by atoms with Crippen molar-refractivity contribution in [1.29, 1.82) is 0 Å². The van der Waals surface area contributed by atoms with Crippen LogP contribution in [0.2, 0.25) is 0 Å². The molecule has 0 aromatic heterocycles. The van der Waals surface area contributed by atoms with Gasteiger partial charge in [-0.15, -0.1) is 11.8 Å². The van der Waals surface area contributed by atoms with Crippen LogP contribution in [0.15, 0.2) is 21.5 Å². The molecule has 0 aliphatic rings. The van der Waals surface area contributed by atoms with Gasteiger partial charge in [0.25, 0.3) is 0 Å². The molecule has 0 bridgehead atoms. The quantitative estimate of drug-likeness (QED) is 0.719. The Balaban J connectivity index is 2.89. The molecule has 0 fully saturated rings. The molecular formula is C10H10BrFO4S. The van der Waals surface area contributed by atoms with Crippen LogP contribution in [-0.2, 0) is 0 Å². The topological polar surface area (TPSA) is 77.8 Å². The highest BCUT2D eigenvalue weighted by atomic mass is 79.9. The summed E-state index contributed by atoms with van der Waals surface area (Å²) in [5.74, 6) is -1.77. The molecule has 1 atom stereocenters. The summed E-state index contributed by atoms with van der Waals surface area (Å²) in [7, 11) is 0. The fraction of sp³-hybridized carbons (Fsp3) is 0.300. The van der Waals surface area contributed by atoms with Gasteiger partial charge in [0.1, 0.15) is 0 Å². The van der Waals surface area contributed by atoms with Crippen LogP contribution >= 0.6 is 27.7 Å². The number of aliphatic hydroxyl groups excluding tert-OH is 2. The van der Waals surface area contributed by atoms with Gasteiger partial charge in [-0.1, -0.05) is 0 Å². The molecule has 4 nitrogen and oxygen atoms in total. The predicted octanol–water partition coefficient (Wildman–Crippen LogP) is 1.73. The highest BCUT2D eigenvalue weighted by Crippen LogP contribution is 2.30. The van der Waals surface area contributed by atoms with E-state index in [1.807, 2.05) is 0 Å². The van der Waals surface area contributed by atoms with E-state index in [1.165, 1.54) is 12.1 Å². The number of aliphatic hydroxyl groups is 2. The van der Waals surface area contributed by atoms with E-state index < -0.39 is 24.5 Å². The van der Waals surface area contributed by atoms with E-state index in [2.05, 4.69) is 15.9 Å². The number of carboxylic acids is 1. The number of hydrogen-bond donors (Lipinski definition) is 3. The molecule has 0 aliphatic heterocycles. The minimum Gasteiger partial charge on any atom is -0.478 e. The van der Waals surface area contributed by atoms with Gasteiger partial charge in [-0.2, -0.15) is 0 Å². The fourth-order valence-corrected chi connectivity index (χ4v) is 2.56. The number of benzene rings is 1. The first-order valence-corrected chi connectivity index (χ1v) is 6.38. The Morgan fingerprint density at radius 3 is 2.71 bits per heavy atom. The van der Waals surface area contributed by atoms with Gasteiger partial charge >= 0.3 is 5.97 Å². The number of carboxylic acid groups (broad SMARTS) is 1. The third-order valence-electron chi connectivity index (χ3n) is 1.92. The van der Waals surface area contributed by atoms with E-state index in [-0.39, 0.29) is 20.7 Å². The van der Waals surface area contributed by atoms with Crippen LogP contribution in [0.5, 0.6) is 0 Å². The van der Waals surface area contributed by atoms with Crippen LogP contribution in [0, 0.1) is 5.82 Å². The SMILES string of the molecule is O=C(O)c1ccc(SCC(O)CO)c(F)c1Br. The molecule has 1 unspecified atom stereocenters. The largest absolute Gasteiger partial charge is 0.478 e. The van der Waals surface area contributed by atoms with Crippen LogP contribution in [0.3, 0.4) is 0 Å². The average Bonchev–Trinajstić information content (AvgIpc) is 2.30. The van der Waals surface area contributed by atoms with Crippen molar-refractivity contribution in [3.8, 4) is 0 Å². The Kier molecular flexibility index (Phi) is 5.38. The molecule has 0 saturated heterocycles. The molecule has 7 heteroatoms. The van der Waals surface area contributed by atoms with Gasteiger partial charge in [0.05, 0.1) is 22.7 Å². The second kappa shape index (κ2) is 6.34. The van der Waals surface area contributed by atoms with E-state index >= 15 is 0 Å². The Hall–Kier alpha value is -0.630. The van der Waals surface area contributed by atoms with E-state index in [1.54, 1.807) is 0 Å². The van der Waals surface area contributed by atoms with Crippen LogP contribution in [0.4, 0.5) is 4.39 Å². The molecule has 0 saturated carbocycles. The first kappa shape index (κ1) is 14.4. The van der Waals surface area contributed by atoms with Gasteiger partial charge in [-0.3, -0.25) is 0 Å².